The van der Waals surface area contributed by atoms with E-state index in [-0.39, 0.29) is 18.1 Å². The summed E-state index contributed by atoms with van der Waals surface area (Å²) in [5.74, 6) is -0.00890. The first kappa shape index (κ1) is 15.2. The number of benzene rings is 2. The Morgan fingerprint density at radius 2 is 1.82 bits per heavy atom. The lowest BCUT2D eigenvalue weighted by Crippen LogP contribution is -2.46. The molecular weight excluding hydrogens is 319 g/mol. The first-order chi connectivity index (χ1) is 10.5. The van der Waals surface area contributed by atoms with Crippen LogP contribution < -0.4 is 5.32 Å². The van der Waals surface area contributed by atoms with Gasteiger partial charge in [0.25, 0.3) is 5.91 Å². The highest BCUT2D eigenvalue weighted by molar-refractivity contribution is 6.42. The second-order valence-electron chi connectivity index (χ2n) is 5.54. The Bertz CT molecular complexity index is 730. The second-order valence-corrected chi connectivity index (χ2v) is 6.33. The van der Waals surface area contributed by atoms with Crippen molar-refractivity contribution in [2.45, 2.75) is 26.1 Å². The predicted molar refractivity (Wildman–Crippen MR) is 90.6 cm³/mol. The van der Waals surface area contributed by atoms with Crippen molar-refractivity contribution >= 4 is 34.8 Å². The second kappa shape index (κ2) is 5.82. The van der Waals surface area contributed by atoms with Gasteiger partial charge in [0.15, 0.2) is 0 Å². The molecule has 0 saturated carbocycles. The summed E-state index contributed by atoms with van der Waals surface area (Å²) in [6.07, 6.45) is -0.339. The van der Waals surface area contributed by atoms with Gasteiger partial charge in [0.05, 0.1) is 15.6 Å². The zero-order valence-electron chi connectivity index (χ0n) is 12.3. The van der Waals surface area contributed by atoms with Gasteiger partial charge in [-0.3, -0.25) is 4.79 Å². The highest BCUT2D eigenvalue weighted by atomic mass is 35.5. The van der Waals surface area contributed by atoms with E-state index in [1.54, 1.807) is 11.0 Å². The zero-order chi connectivity index (χ0) is 15.9. The lowest BCUT2D eigenvalue weighted by Gasteiger charge is -2.41. The number of carbonyl (C=O) groups excluding carboxylic acids is 1. The molecule has 1 atom stereocenters. The van der Waals surface area contributed by atoms with Gasteiger partial charge >= 0.3 is 0 Å². The summed E-state index contributed by atoms with van der Waals surface area (Å²) in [7, 11) is 0. The fourth-order valence-corrected chi connectivity index (χ4v) is 3.17. The quantitative estimate of drug-likeness (QED) is 0.840. The van der Waals surface area contributed by atoms with E-state index in [1.165, 1.54) is 0 Å². The Labute approximate surface area is 139 Å². The maximum Gasteiger partial charge on any atom is 0.258 e. The minimum Gasteiger partial charge on any atom is -0.361 e. The summed E-state index contributed by atoms with van der Waals surface area (Å²) in [6, 6.07) is 13.0. The van der Waals surface area contributed by atoms with Gasteiger partial charge in [-0.05, 0) is 32.0 Å². The summed E-state index contributed by atoms with van der Waals surface area (Å²) in [4.78, 5) is 14.6. The van der Waals surface area contributed by atoms with Crippen molar-refractivity contribution < 1.29 is 4.79 Å². The van der Waals surface area contributed by atoms with Crippen LogP contribution in [0.3, 0.4) is 0 Å². The molecule has 0 aromatic heterocycles. The van der Waals surface area contributed by atoms with Crippen LogP contribution in [-0.4, -0.2) is 16.8 Å². The number of nitrogens with one attached hydrogen (secondary N) is 1. The Morgan fingerprint density at radius 1 is 1.09 bits per heavy atom. The first-order valence-corrected chi connectivity index (χ1v) is 7.88. The third-order valence-electron chi connectivity index (χ3n) is 3.79. The smallest absolute Gasteiger partial charge is 0.258 e. The van der Waals surface area contributed by atoms with Gasteiger partial charge in [0.2, 0.25) is 0 Å². The monoisotopic (exact) mass is 334 g/mol. The molecule has 1 aliphatic rings. The van der Waals surface area contributed by atoms with Crippen LogP contribution in [0, 0.1) is 0 Å². The van der Waals surface area contributed by atoms with E-state index >= 15 is 0 Å². The zero-order valence-corrected chi connectivity index (χ0v) is 13.8. The molecule has 0 aliphatic carbocycles. The number of para-hydroxylation sites is 1. The third-order valence-corrected chi connectivity index (χ3v) is 4.63. The molecule has 22 heavy (non-hydrogen) atoms. The van der Waals surface area contributed by atoms with E-state index in [9.17, 15) is 4.79 Å². The van der Waals surface area contributed by atoms with E-state index < -0.39 is 0 Å². The van der Waals surface area contributed by atoms with E-state index in [4.69, 9.17) is 23.2 Å². The van der Waals surface area contributed by atoms with Crippen LogP contribution in [0.2, 0.25) is 10.0 Å². The average molecular weight is 335 g/mol. The molecule has 0 spiro atoms. The molecule has 114 valence electrons. The molecular formula is C17H16Cl2N2O. The van der Waals surface area contributed by atoms with Crippen LogP contribution in [0.5, 0.6) is 0 Å². The molecule has 0 bridgehead atoms. The number of fused-ring (bicyclic) bond motifs is 1. The summed E-state index contributed by atoms with van der Waals surface area (Å²) < 4.78 is 0. The molecule has 1 unspecified atom stereocenters. The largest absolute Gasteiger partial charge is 0.361 e. The molecule has 2 aromatic rings. The van der Waals surface area contributed by atoms with Gasteiger partial charge in [-0.2, -0.15) is 0 Å². The normalized spacial score (nSPS) is 17.4. The Morgan fingerprint density at radius 3 is 2.55 bits per heavy atom. The molecule has 3 rings (SSSR count). The number of anilines is 1. The predicted octanol–water partition coefficient (Wildman–Crippen LogP) is 4.97. The van der Waals surface area contributed by atoms with Crippen LogP contribution in [0.15, 0.2) is 42.5 Å². The third kappa shape index (κ3) is 2.44. The van der Waals surface area contributed by atoms with Crippen molar-refractivity contribution in [3.63, 3.8) is 0 Å². The topological polar surface area (TPSA) is 32.3 Å². The number of halogens is 2. The van der Waals surface area contributed by atoms with Crippen molar-refractivity contribution in [3.05, 3.63) is 63.6 Å². The average Bonchev–Trinajstić information content (AvgIpc) is 2.49. The van der Waals surface area contributed by atoms with Crippen LogP contribution in [0.1, 0.15) is 35.9 Å². The Hall–Kier alpha value is -1.71. The van der Waals surface area contributed by atoms with E-state index in [0.717, 1.165) is 11.3 Å². The number of amides is 1. The Kier molecular flexibility index (Phi) is 4.02. The molecule has 1 aliphatic heterocycles. The van der Waals surface area contributed by atoms with Crippen molar-refractivity contribution in [3.8, 4) is 0 Å². The van der Waals surface area contributed by atoms with Gasteiger partial charge in [-0.1, -0.05) is 47.5 Å². The van der Waals surface area contributed by atoms with E-state index in [2.05, 4.69) is 5.32 Å². The molecule has 1 N–H and O–H groups in total. The van der Waals surface area contributed by atoms with Gasteiger partial charge in [-0.15, -0.1) is 0 Å². The van der Waals surface area contributed by atoms with Gasteiger partial charge in [0, 0.05) is 17.3 Å². The minimum absolute atomic E-state index is 0.00890. The molecule has 0 saturated heterocycles. The minimum atomic E-state index is -0.339. The van der Waals surface area contributed by atoms with E-state index in [1.807, 2.05) is 50.2 Å². The van der Waals surface area contributed by atoms with Crippen LogP contribution in [-0.2, 0) is 0 Å². The highest BCUT2D eigenvalue weighted by Gasteiger charge is 2.35. The van der Waals surface area contributed by atoms with Crippen molar-refractivity contribution in [1.82, 2.24) is 4.90 Å². The molecule has 3 nitrogen and oxygen atoms in total. The van der Waals surface area contributed by atoms with Gasteiger partial charge < -0.3 is 10.2 Å². The fraction of sp³-hybridized carbons (Fsp3) is 0.235. The van der Waals surface area contributed by atoms with Crippen molar-refractivity contribution in [2.75, 3.05) is 5.32 Å². The Balaban J connectivity index is 2.14. The lowest BCUT2D eigenvalue weighted by molar-refractivity contribution is 0.0617. The van der Waals surface area contributed by atoms with Crippen molar-refractivity contribution in [2.24, 2.45) is 0 Å². The van der Waals surface area contributed by atoms with E-state index in [0.29, 0.717) is 15.6 Å². The van der Waals surface area contributed by atoms with Crippen molar-refractivity contribution in [1.29, 1.82) is 0 Å². The number of carbonyl (C=O) groups is 1. The summed E-state index contributed by atoms with van der Waals surface area (Å²) in [5.41, 5.74) is 2.28. The SMILES string of the molecule is CC(C)N1C(=O)c2ccccc2NC1c1cccc(Cl)c1Cl. The summed E-state index contributed by atoms with van der Waals surface area (Å²) >= 11 is 12.5. The molecule has 5 heteroatoms. The molecule has 0 radical (unpaired) electrons. The number of hydrogen-bond donors (Lipinski definition) is 1. The van der Waals surface area contributed by atoms with Crippen LogP contribution in [0.4, 0.5) is 5.69 Å². The number of nitrogens with zero attached hydrogens (tertiary/aromatic N) is 1. The standard InChI is InChI=1S/C17H16Cl2N2O/c1-10(2)21-16(12-7-5-8-13(18)15(12)19)20-14-9-4-3-6-11(14)17(21)22/h3-10,16,20H,1-2H3. The molecule has 1 heterocycles. The lowest BCUT2D eigenvalue weighted by atomic mass is 10.0. The summed E-state index contributed by atoms with van der Waals surface area (Å²) in [6.45, 7) is 3.97. The fourth-order valence-electron chi connectivity index (χ4n) is 2.76. The summed E-state index contributed by atoms with van der Waals surface area (Å²) in [5, 5.41) is 4.36. The molecule has 2 aromatic carbocycles. The first-order valence-electron chi connectivity index (χ1n) is 7.13. The van der Waals surface area contributed by atoms with Crippen LogP contribution in [0.25, 0.3) is 0 Å². The maximum atomic E-state index is 12.8. The maximum absolute atomic E-state index is 12.8. The number of hydrogen-bond acceptors (Lipinski definition) is 2. The molecule has 1 amide bonds. The number of rotatable bonds is 2. The van der Waals surface area contributed by atoms with Crippen LogP contribution >= 0.6 is 23.2 Å². The molecule has 0 fully saturated rings. The highest BCUT2D eigenvalue weighted by Crippen LogP contribution is 2.38. The van der Waals surface area contributed by atoms with Gasteiger partial charge in [-0.25, -0.2) is 0 Å². The van der Waals surface area contributed by atoms with Gasteiger partial charge in [0.1, 0.15) is 6.17 Å².